The third-order valence-corrected chi connectivity index (χ3v) is 5.10. The van der Waals surface area contributed by atoms with Gasteiger partial charge in [-0.25, -0.2) is 4.79 Å². The Hall–Kier alpha value is -3.45. The van der Waals surface area contributed by atoms with Crippen molar-refractivity contribution < 1.29 is 19.4 Å². The minimum absolute atomic E-state index is 0. The monoisotopic (exact) mass is 462 g/mol. The number of nitrogens with one attached hydrogen (secondary N) is 1. The average Bonchev–Trinajstić information content (AvgIpc) is 2.85. The number of hydrogen-bond donors (Lipinski definition) is 2. The Balaban J connectivity index is 0.00000324. The maximum atomic E-state index is 13.0. The van der Waals surface area contributed by atoms with Crippen LogP contribution in [0.2, 0.25) is 0 Å². The van der Waals surface area contributed by atoms with Crippen molar-refractivity contribution in [3.63, 3.8) is 0 Å². The van der Waals surface area contributed by atoms with Gasteiger partial charge in [0.1, 0.15) is 5.75 Å². The second kappa shape index (κ2) is 11.6. The second-order valence-corrected chi connectivity index (χ2v) is 7.28. The van der Waals surface area contributed by atoms with E-state index >= 15 is 0 Å². The van der Waals surface area contributed by atoms with Crippen molar-refractivity contribution in [1.82, 2.24) is 4.98 Å². The predicted molar refractivity (Wildman–Crippen MR) is 135 cm³/mol. The Morgan fingerprint density at radius 2 is 1.62 bits per heavy atom. The number of aromatic nitrogens is 1. The number of aromatic carboxylic acids is 1. The number of para-hydroxylation sites is 1. The summed E-state index contributed by atoms with van der Waals surface area (Å²) in [6, 6.07) is 23.6. The fourth-order valence-electron chi connectivity index (χ4n) is 3.54. The van der Waals surface area contributed by atoms with Crippen LogP contribution in [0.3, 0.4) is 0 Å². The van der Waals surface area contributed by atoms with Crippen molar-refractivity contribution in [2.75, 3.05) is 11.9 Å². The van der Waals surface area contributed by atoms with Crippen LogP contribution in [-0.2, 0) is 0 Å². The normalized spacial score (nSPS) is 10.1. The van der Waals surface area contributed by atoms with Gasteiger partial charge >= 0.3 is 35.5 Å². The first-order valence-corrected chi connectivity index (χ1v) is 10.5. The number of carbonyl (C=O) groups excluding carboxylic acids is 1. The Morgan fingerprint density at radius 3 is 2.35 bits per heavy atom. The summed E-state index contributed by atoms with van der Waals surface area (Å²) in [7, 11) is 0. The number of anilines is 1. The SMILES string of the molecule is CCOc1ccccc1-c1ccc(C(=O)O)c(NC(=O)c2cncc(-c3ccccc3)c2)c1.[NaH]. The van der Waals surface area contributed by atoms with E-state index in [0.717, 1.165) is 22.3 Å². The Morgan fingerprint density at radius 1 is 0.882 bits per heavy atom. The summed E-state index contributed by atoms with van der Waals surface area (Å²) in [4.78, 5) is 29.0. The summed E-state index contributed by atoms with van der Waals surface area (Å²) < 4.78 is 5.70. The summed E-state index contributed by atoms with van der Waals surface area (Å²) >= 11 is 0. The van der Waals surface area contributed by atoms with E-state index in [1.165, 1.54) is 12.3 Å². The molecular formula is C27H23N2NaO4. The number of ether oxygens (including phenoxy) is 1. The van der Waals surface area contributed by atoms with Gasteiger partial charge in [-0.3, -0.25) is 9.78 Å². The van der Waals surface area contributed by atoms with E-state index in [4.69, 9.17) is 4.74 Å². The molecule has 0 bridgehead atoms. The van der Waals surface area contributed by atoms with Crippen molar-refractivity contribution in [2.24, 2.45) is 0 Å². The third kappa shape index (κ3) is 5.72. The van der Waals surface area contributed by atoms with E-state index in [-0.39, 0.29) is 40.8 Å². The zero-order valence-electron chi connectivity index (χ0n) is 18.0. The van der Waals surface area contributed by atoms with Crippen LogP contribution in [0.4, 0.5) is 5.69 Å². The Kier molecular flexibility index (Phi) is 8.60. The molecule has 1 heterocycles. The van der Waals surface area contributed by atoms with Crippen LogP contribution < -0.4 is 10.1 Å². The van der Waals surface area contributed by atoms with E-state index < -0.39 is 11.9 Å². The zero-order chi connectivity index (χ0) is 23.2. The molecule has 2 N–H and O–H groups in total. The number of benzene rings is 3. The van der Waals surface area contributed by atoms with Crippen LogP contribution >= 0.6 is 0 Å². The predicted octanol–water partition coefficient (Wildman–Crippen LogP) is 5.12. The summed E-state index contributed by atoms with van der Waals surface area (Å²) in [6.45, 7) is 2.39. The summed E-state index contributed by atoms with van der Waals surface area (Å²) in [5.41, 5.74) is 3.78. The van der Waals surface area contributed by atoms with Gasteiger partial charge in [-0.05, 0) is 42.3 Å². The molecule has 4 rings (SSSR count). The molecule has 0 aliphatic heterocycles. The molecule has 4 aromatic rings. The summed E-state index contributed by atoms with van der Waals surface area (Å²) in [5, 5.41) is 12.4. The van der Waals surface area contributed by atoms with E-state index in [9.17, 15) is 14.7 Å². The molecule has 1 amide bonds. The molecule has 6 nitrogen and oxygen atoms in total. The second-order valence-electron chi connectivity index (χ2n) is 7.28. The maximum absolute atomic E-state index is 13.0. The Labute approximate surface area is 219 Å². The van der Waals surface area contributed by atoms with Gasteiger partial charge in [0, 0.05) is 23.5 Å². The van der Waals surface area contributed by atoms with E-state index in [0.29, 0.717) is 17.9 Å². The number of pyridine rings is 1. The molecule has 0 unspecified atom stereocenters. The van der Waals surface area contributed by atoms with E-state index in [2.05, 4.69) is 10.3 Å². The quantitative estimate of drug-likeness (QED) is 0.373. The molecule has 0 aliphatic rings. The van der Waals surface area contributed by atoms with Crippen LogP contribution in [0.25, 0.3) is 22.3 Å². The molecule has 0 atom stereocenters. The van der Waals surface area contributed by atoms with Gasteiger partial charge in [0.15, 0.2) is 0 Å². The third-order valence-electron chi connectivity index (χ3n) is 5.10. The zero-order valence-corrected chi connectivity index (χ0v) is 18.0. The van der Waals surface area contributed by atoms with Gasteiger partial charge in [0.2, 0.25) is 0 Å². The number of carbonyl (C=O) groups is 2. The fraction of sp³-hybridized carbons (Fsp3) is 0.0741. The number of carboxylic acid groups (broad SMARTS) is 1. The molecule has 1 aromatic heterocycles. The van der Waals surface area contributed by atoms with Gasteiger partial charge in [-0.15, -0.1) is 0 Å². The minimum atomic E-state index is -1.13. The topological polar surface area (TPSA) is 88.5 Å². The van der Waals surface area contributed by atoms with Crippen LogP contribution in [-0.4, -0.2) is 58.1 Å². The molecule has 0 saturated carbocycles. The van der Waals surface area contributed by atoms with E-state index in [1.54, 1.807) is 24.4 Å². The van der Waals surface area contributed by atoms with Gasteiger partial charge in [0.25, 0.3) is 5.91 Å². The number of nitrogens with zero attached hydrogens (tertiary/aromatic N) is 1. The average molecular weight is 462 g/mol. The Bertz CT molecular complexity index is 1310. The molecule has 166 valence electrons. The van der Waals surface area contributed by atoms with Crippen molar-refractivity contribution in [3.8, 4) is 28.0 Å². The summed E-state index contributed by atoms with van der Waals surface area (Å²) in [5.74, 6) is -0.899. The van der Waals surface area contributed by atoms with Gasteiger partial charge in [-0.2, -0.15) is 0 Å². The molecule has 7 heteroatoms. The summed E-state index contributed by atoms with van der Waals surface area (Å²) in [6.07, 6.45) is 3.14. The fourth-order valence-corrected chi connectivity index (χ4v) is 3.54. The molecule has 0 radical (unpaired) electrons. The van der Waals surface area contributed by atoms with Crippen molar-refractivity contribution >= 4 is 47.1 Å². The molecular weight excluding hydrogens is 439 g/mol. The first kappa shape index (κ1) is 25.2. The van der Waals surface area contributed by atoms with Crippen molar-refractivity contribution in [1.29, 1.82) is 0 Å². The van der Waals surface area contributed by atoms with Crippen molar-refractivity contribution in [2.45, 2.75) is 6.92 Å². The molecule has 0 saturated heterocycles. The van der Waals surface area contributed by atoms with Gasteiger partial charge in [0.05, 0.1) is 23.4 Å². The van der Waals surface area contributed by atoms with Crippen LogP contribution in [0.5, 0.6) is 5.75 Å². The van der Waals surface area contributed by atoms with Crippen LogP contribution in [0, 0.1) is 0 Å². The van der Waals surface area contributed by atoms with Crippen molar-refractivity contribution in [3.05, 3.63) is 102 Å². The first-order chi connectivity index (χ1) is 16.1. The van der Waals surface area contributed by atoms with E-state index in [1.807, 2.05) is 61.5 Å². The van der Waals surface area contributed by atoms with Crippen LogP contribution in [0.1, 0.15) is 27.6 Å². The number of hydrogen-bond acceptors (Lipinski definition) is 4. The number of amides is 1. The number of carboxylic acids is 1. The molecule has 0 fully saturated rings. The molecule has 3 aromatic carbocycles. The first-order valence-electron chi connectivity index (χ1n) is 10.5. The van der Waals surface area contributed by atoms with Gasteiger partial charge < -0.3 is 15.2 Å². The van der Waals surface area contributed by atoms with Gasteiger partial charge in [-0.1, -0.05) is 54.6 Å². The standard InChI is InChI=1S/C27H22N2O4.Na.H/c1-2-33-25-11-7-6-10-22(25)19-12-13-23(27(31)32)24(15-19)29-26(30)21-14-20(16-28-17-21)18-8-4-3-5-9-18;;/h3-17H,2H2,1H3,(H,29,30)(H,31,32);;. The molecule has 34 heavy (non-hydrogen) atoms. The number of rotatable bonds is 7. The molecule has 0 aliphatic carbocycles. The van der Waals surface area contributed by atoms with Crippen LogP contribution in [0.15, 0.2) is 91.3 Å². The molecule has 0 spiro atoms.